The Labute approximate surface area is 100 Å². The van der Waals surface area contributed by atoms with Gasteiger partial charge in [-0.15, -0.1) is 0 Å². The lowest BCUT2D eigenvalue weighted by Crippen LogP contribution is -2.40. The Balaban J connectivity index is 1.75. The van der Waals surface area contributed by atoms with Gasteiger partial charge in [-0.3, -0.25) is 4.79 Å². The normalized spacial score (nSPS) is 23.7. The summed E-state index contributed by atoms with van der Waals surface area (Å²) in [7, 11) is 0. The van der Waals surface area contributed by atoms with Crippen LogP contribution >= 0.6 is 0 Å². The molecule has 0 spiro atoms. The van der Waals surface area contributed by atoms with Gasteiger partial charge in [0.25, 0.3) is 0 Å². The number of piperidine rings is 1. The summed E-state index contributed by atoms with van der Waals surface area (Å²) in [6.07, 6.45) is 5.10. The maximum absolute atomic E-state index is 10.7. The van der Waals surface area contributed by atoms with Crippen LogP contribution in [-0.4, -0.2) is 34.5 Å². The maximum atomic E-state index is 10.7. The van der Waals surface area contributed by atoms with Crippen molar-refractivity contribution in [2.24, 2.45) is 0 Å². The van der Waals surface area contributed by atoms with Crippen molar-refractivity contribution in [1.29, 1.82) is 0 Å². The summed E-state index contributed by atoms with van der Waals surface area (Å²) in [6.45, 7) is 3.73. The predicted octanol–water partition coefficient (Wildman–Crippen LogP) is 1.46. The fraction of sp³-hybridized carbons (Fsp3) is 0.750. The Morgan fingerprint density at radius 2 is 2.12 bits per heavy atom. The number of carbonyl (C=O) groups is 1. The number of nitrogens with zero attached hydrogens (tertiary/aromatic N) is 3. The molecule has 0 radical (unpaired) electrons. The molecule has 0 bridgehead atoms. The average Bonchev–Trinajstić information content (AvgIpc) is 3.08. The van der Waals surface area contributed by atoms with Crippen LogP contribution in [0.3, 0.4) is 0 Å². The van der Waals surface area contributed by atoms with Gasteiger partial charge < -0.3 is 9.42 Å². The van der Waals surface area contributed by atoms with E-state index in [1.54, 1.807) is 0 Å². The van der Waals surface area contributed by atoms with Crippen molar-refractivity contribution >= 4 is 6.41 Å². The molecule has 17 heavy (non-hydrogen) atoms. The van der Waals surface area contributed by atoms with Gasteiger partial charge in [0.05, 0.1) is 0 Å². The van der Waals surface area contributed by atoms with E-state index in [1.807, 2.05) is 4.90 Å². The van der Waals surface area contributed by atoms with E-state index in [-0.39, 0.29) is 5.41 Å². The third-order valence-corrected chi connectivity index (χ3v) is 3.96. The van der Waals surface area contributed by atoms with Crippen molar-refractivity contribution < 1.29 is 9.32 Å². The van der Waals surface area contributed by atoms with Crippen molar-refractivity contribution in [3.05, 3.63) is 11.7 Å². The fourth-order valence-electron chi connectivity index (χ4n) is 2.32. The summed E-state index contributed by atoms with van der Waals surface area (Å²) in [5.74, 6) is 2.14. The Bertz CT molecular complexity index is 417. The van der Waals surface area contributed by atoms with Crippen LogP contribution in [0.1, 0.15) is 50.2 Å². The number of aromatic nitrogens is 2. The van der Waals surface area contributed by atoms with E-state index < -0.39 is 0 Å². The molecular formula is C12H17N3O2. The summed E-state index contributed by atoms with van der Waals surface area (Å²) in [4.78, 5) is 17.0. The highest BCUT2D eigenvalue weighted by molar-refractivity contribution is 5.47. The third kappa shape index (κ3) is 1.94. The van der Waals surface area contributed by atoms with Crippen molar-refractivity contribution in [3.8, 4) is 0 Å². The highest BCUT2D eigenvalue weighted by Crippen LogP contribution is 2.40. The summed E-state index contributed by atoms with van der Waals surface area (Å²) in [5, 5.41) is 4.13. The third-order valence-electron chi connectivity index (χ3n) is 3.96. The van der Waals surface area contributed by atoms with E-state index in [0.29, 0.717) is 5.92 Å². The van der Waals surface area contributed by atoms with Crippen LogP contribution in [0.15, 0.2) is 4.52 Å². The Morgan fingerprint density at radius 1 is 1.41 bits per heavy atom. The summed E-state index contributed by atoms with van der Waals surface area (Å²) in [5.41, 5.74) is -0.0316. The Hall–Kier alpha value is -1.39. The number of hydrogen-bond acceptors (Lipinski definition) is 4. The zero-order valence-electron chi connectivity index (χ0n) is 10.1. The summed E-state index contributed by atoms with van der Waals surface area (Å²) < 4.78 is 5.32. The molecule has 2 heterocycles. The van der Waals surface area contributed by atoms with Gasteiger partial charge in [0.15, 0.2) is 5.82 Å². The second-order valence-corrected chi connectivity index (χ2v) is 5.43. The van der Waals surface area contributed by atoms with Crippen LogP contribution in [0.4, 0.5) is 0 Å². The molecule has 2 aliphatic rings. The van der Waals surface area contributed by atoms with Gasteiger partial charge in [0, 0.05) is 24.4 Å². The molecule has 3 rings (SSSR count). The number of rotatable bonds is 3. The van der Waals surface area contributed by atoms with Crippen LogP contribution in [0.25, 0.3) is 0 Å². The van der Waals surface area contributed by atoms with Crippen molar-refractivity contribution in [2.45, 2.75) is 43.9 Å². The molecule has 1 amide bonds. The second kappa shape index (κ2) is 3.82. The largest absolute Gasteiger partial charge is 0.345 e. The van der Waals surface area contributed by atoms with Crippen molar-refractivity contribution in [3.63, 3.8) is 0 Å². The minimum atomic E-state index is -0.0316. The van der Waals surface area contributed by atoms with E-state index in [0.717, 1.165) is 44.1 Å². The standard InChI is InChI=1S/C12H17N3O2/c1-12(4-6-15(8-16)7-5-12)11-13-10(17-14-11)9-2-3-9/h8-9H,2-7H2,1H3. The van der Waals surface area contributed by atoms with E-state index in [1.165, 1.54) is 12.8 Å². The number of carbonyl (C=O) groups excluding carboxylic acids is 1. The van der Waals surface area contributed by atoms with E-state index >= 15 is 0 Å². The molecule has 5 heteroatoms. The van der Waals surface area contributed by atoms with Gasteiger partial charge in [-0.1, -0.05) is 12.1 Å². The molecule has 0 unspecified atom stereocenters. The van der Waals surface area contributed by atoms with E-state index in [4.69, 9.17) is 4.52 Å². The zero-order valence-corrected chi connectivity index (χ0v) is 10.1. The van der Waals surface area contributed by atoms with E-state index in [2.05, 4.69) is 17.1 Å². The van der Waals surface area contributed by atoms with Crippen LogP contribution in [-0.2, 0) is 10.2 Å². The number of amides is 1. The van der Waals surface area contributed by atoms with Gasteiger partial charge in [-0.25, -0.2) is 0 Å². The predicted molar refractivity (Wildman–Crippen MR) is 60.5 cm³/mol. The molecule has 0 N–H and O–H groups in total. The van der Waals surface area contributed by atoms with Crippen molar-refractivity contribution in [1.82, 2.24) is 15.0 Å². The molecule has 1 aliphatic heterocycles. The minimum Gasteiger partial charge on any atom is -0.345 e. The molecule has 2 fully saturated rings. The molecule has 1 aromatic rings. The lowest BCUT2D eigenvalue weighted by molar-refractivity contribution is -0.119. The zero-order chi connectivity index (χ0) is 11.9. The SMILES string of the molecule is CC1(c2noc(C3CC3)n2)CCN(C=O)CC1. The smallest absolute Gasteiger partial charge is 0.229 e. The lowest BCUT2D eigenvalue weighted by atomic mass is 9.80. The molecular weight excluding hydrogens is 218 g/mol. The van der Waals surface area contributed by atoms with Crippen LogP contribution in [0, 0.1) is 0 Å². The van der Waals surface area contributed by atoms with Gasteiger partial charge in [0.2, 0.25) is 12.3 Å². The highest BCUT2D eigenvalue weighted by Gasteiger charge is 2.37. The van der Waals surface area contributed by atoms with E-state index in [9.17, 15) is 4.79 Å². The summed E-state index contributed by atoms with van der Waals surface area (Å²) in [6, 6.07) is 0. The second-order valence-electron chi connectivity index (χ2n) is 5.43. The van der Waals surface area contributed by atoms with Crippen LogP contribution in [0.5, 0.6) is 0 Å². The molecule has 1 aliphatic carbocycles. The summed E-state index contributed by atoms with van der Waals surface area (Å²) >= 11 is 0. The van der Waals surface area contributed by atoms with Gasteiger partial charge >= 0.3 is 0 Å². The molecule has 1 aromatic heterocycles. The lowest BCUT2D eigenvalue weighted by Gasteiger charge is -2.35. The molecule has 5 nitrogen and oxygen atoms in total. The maximum Gasteiger partial charge on any atom is 0.229 e. The van der Waals surface area contributed by atoms with Gasteiger partial charge in [-0.2, -0.15) is 4.98 Å². The molecule has 0 atom stereocenters. The van der Waals surface area contributed by atoms with Crippen LogP contribution < -0.4 is 0 Å². The van der Waals surface area contributed by atoms with Crippen molar-refractivity contribution in [2.75, 3.05) is 13.1 Å². The Morgan fingerprint density at radius 3 is 2.71 bits per heavy atom. The minimum absolute atomic E-state index is 0.0316. The average molecular weight is 235 g/mol. The number of likely N-dealkylation sites (tertiary alicyclic amines) is 1. The first-order chi connectivity index (χ1) is 8.21. The topological polar surface area (TPSA) is 59.2 Å². The highest BCUT2D eigenvalue weighted by atomic mass is 16.5. The van der Waals surface area contributed by atoms with Gasteiger partial charge in [0.1, 0.15) is 0 Å². The first-order valence-electron chi connectivity index (χ1n) is 6.25. The molecule has 1 saturated carbocycles. The fourth-order valence-corrected chi connectivity index (χ4v) is 2.32. The first-order valence-corrected chi connectivity index (χ1v) is 6.25. The number of hydrogen-bond donors (Lipinski definition) is 0. The molecule has 0 aromatic carbocycles. The van der Waals surface area contributed by atoms with Gasteiger partial charge in [-0.05, 0) is 25.7 Å². The Kier molecular flexibility index (Phi) is 2.42. The van der Waals surface area contributed by atoms with Crippen LogP contribution in [0.2, 0.25) is 0 Å². The quantitative estimate of drug-likeness (QED) is 0.744. The first kappa shape index (κ1) is 10.7. The molecule has 92 valence electrons. The monoisotopic (exact) mass is 235 g/mol. The molecule has 1 saturated heterocycles.